The van der Waals surface area contributed by atoms with E-state index in [1.807, 2.05) is 0 Å². The molecule has 0 heterocycles. The van der Waals surface area contributed by atoms with Crippen molar-refractivity contribution in [2.24, 2.45) is 5.84 Å². The molecule has 5 heavy (non-hydrogen) atoms. The van der Waals surface area contributed by atoms with Gasteiger partial charge in [-0.1, -0.05) is 0 Å². The lowest BCUT2D eigenvalue weighted by Gasteiger charge is -2.00. The van der Waals surface area contributed by atoms with E-state index >= 15 is 0 Å². The molecule has 0 bridgehead atoms. The molecule has 0 radical (unpaired) electrons. The third kappa shape index (κ3) is 3.55. The van der Waals surface area contributed by atoms with Gasteiger partial charge in [0, 0.05) is 0 Å². The maximum Gasteiger partial charge on any atom is 0.318 e. The number of amides is 1. The first kappa shape index (κ1) is 4.55. The van der Waals surface area contributed by atoms with E-state index in [1.165, 1.54) is 0 Å². The summed E-state index contributed by atoms with van der Waals surface area (Å²) in [6.45, 7) is 0. The fourth-order valence-electron chi connectivity index (χ4n) is 0. The largest absolute Gasteiger partial charge is 0.606 e. The highest BCUT2D eigenvalue weighted by Crippen LogP contribution is 0.950. The summed E-state index contributed by atoms with van der Waals surface area (Å²) < 4.78 is 0. The highest BCUT2D eigenvalue weighted by atomic mass is 16.5. The summed E-state index contributed by atoms with van der Waals surface area (Å²) in [7, 11) is 0. The van der Waals surface area contributed by atoms with E-state index in [2.05, 4.69) is 5.84 Å². The van der Waals surface area contributed by atoms with Crippen LogP contribution in [-0.4, -0.2) is 6.41 Å². The molecule has 3 N–H and O–H groups in total. The van der Waals surface area contributed by atoms with Crippen molar-refractivity contribution in [3.63, 3.8) is 0 Å². The number of carbonyl (C=O) groups is 1. The van der Waals surface area contributed by atoms with Crippen LogP contribution in [0.3, 0.4) is 0 Å². The molecule has 0 aromatic heterocycles. The maximum absolute atomic E-state index is 9.22. The molecule has 1 amide bonds. The second-order valence-corrected chi connectivity index (χ2v) is 0.520. The van der Waals surface area contributed by atoms with Gasteiger partial charge >= 0.3 is 6.41 Å². The van der Waals surface area contributed by atoms with Crippen LogP contribution in [0.4, 0.5) is 0 Å². The molecule has 4 nitrogen and oxygen atoms in total. The number of hydroxylamine groups is 1. The van der Waals surface area contributed by atoms with Gasteiger partial charge in [-0.25, -0.2) is 9.97 Å². The number of nitrogens with one attached hydrogen (secondary N) is 1. The Morgan fingerprint density at radius 2 is 2.20 bits per heavy atom. The molecular formula is CH4N2O2. The van der Waals surface area contributed by atoms with Gasteiger partial charge in [0.2, 0.25) is 0 Å². The molecule has 0 saturated carbocycles. The van der Waals surface area contributed by atoms with Gasteiger partial charge in [-0.05, 0) is 0 Å². The Balaban J connectivity index is 2.83. The normalized spacial score (nSPS) is 14.0. The molecule has 0 aromatic carbocycles. The van der Waals surface area contributed by atoms with Crippen molar-refractivity contribution >= 4 is 6.41 Å². The number of hydrogen-bond acceptors (Lipinski definition) is 3. The molecule has 1 atom stereocenters. The van der Waals surface area contributed by atoms with Crippen molar-refractivity contribution in [3.05, 3.63) is 5.21 Å². The average Bonchev–Trinajstić information content (AvgIpc) is 1.38. The molecule has 0 saturated heterocycles. The van der Waals surface area contributed by atoms with Crippen molar-refractivity contribution in [1.29, 1.82) is 0 Å². The zero-order valence-corrected chi connectivity index (χ0v) is 2.47. The van der Waals surface area contributed by atoms with Crippen molar-refractivity contribution in [1.82, 2.24) is 0 Å². The highest BCUT2D eigenvalue weighted by molar-refractivity contribution is 5.32. The highest BCUT2D eigenvalue weighted by Gasteiger charge is 1.67. The van der Waals surface area contributed by atoms with E-state index in [0.717, 1.165) is 0 Å². The van der Waals surface area contributed by atoms with Crippen LogP contribution in [0, 0.1) is 5.21 Å². The van der Waals surface area contributed by atoms with Crippen molar-refractivity contribution in [3.8, 4) is 0 Å². The Labute approximate surface area is 28.7 Å². The molecule has 0 aromatic rings. The van der Waals surface area contributed by atoms with Crippen LogP contribution in [0.5, 0.6) is 0 Å². The van der Waals surface area contributed by atoms with Crippen LogP contribution < -0.4 is 11.0 Å². The predicted molar refractivity (Wildman–Crippen MR) is 14.6 cm³/mol. The van der Waals surface area contributed by atoms with Gasteiger partial charge in [-0.15, -0.1) is 0 Å². The first-order valence-electron chi connectivity index (χ1n) is 1.02. The van der Waals surface area contributed by atoms with E-state index in [4.69, 9.17) is 4.79 Å². The monoisotopic (exact) mass is 76.0 g/mol. The first-order chi connectivity index (χ1) is 2.27. The van der Waals surface area contributed by atoms with Gasteiger partial charge in [-0.2, -0.15) is 5.84 Å². The van der Waals surface area contributed by atoms with Crippen LogP contribution >= 0.6 is 0 Å². The number of carbonyl (C=O) groups excluding carboxylic acids is 1. The molecule has 0 aliphatic heterocycles. The van der Waals surface area contributed by atoms with Crippen LogP contribution in [-0.2, 0) is 4.79 Å². The summed E-state index contributed by atoms with van der Waals surface area (Å²) in [6, 6.07) is 0. The zero-order chi connectivity index (χ0) is 4.28. The SMILES string of the molecule is N[NH+]([O-])C=O. The van der Waals surface area contributed by atoms with Crippen LogP contribution in [0.25, 0.3) is 0 Å². The van der Waals surface area contributed by atoms with E-state index in [0.29, 0.717) is 0 Å². The Kier molecular flexibility index (Phi) is 1.67. The Bertz CT molecular complexity index is 34.6. The lowest BCUT2D eigenvalue weighted by Crippen LogP contribution is -3.12. The smallest absolute Gasteiger partial charge is 0.318 e. The van der Waals surface area contributed by atoms with E-state index in [9.17, 15) is 5.21 Å². The van der Waals surface area contributed by atoms with E-state index < -0.39 is 5.17 Å². The Morgan fingerprint density at radius 1 is 2.00 bits per heavy atom. The topological polar surface area (TPSA) is 70.6 Å². The zero-order valence-electron chi connectivity index (χ0n) is 2.47. The lowest BCUT2D eigenvalue weighted by molar-refractivity contribution is -0.767. The molecule has 4 heteroatoms. The number of quaternary nitrogens is 1. The summed E-state index contributed by atoms with van der Waals surface area (Å²) >= 11 is 0. The van der Waals surface area contributed by atoms with Gasteiger partial charge in [0.25, 0.3) is 0 Å². The minimum atomic E-state index is -0.926. The van der Waals surface area contributed by atoms with Crippen LogP contribution in [0.2, 0.25) is 0 Å². The third-order valence-electron chi connectivity index (χ3n) is 0.116. The molecule has 0 aliphatic rings. The fraction of sp³-hybridized carbons (Fsp3) is 0. The maximum atomic E-state index is 9.22. The van der Waals surface area contributed by atoms with Gasteiger partial charge in [0.1, 0.15) is 0 Å². The molecular weight excluding hydrogens is 72.0 g/mol. The molecule has 0 fully saturated rings. The summed E-state index contributed by atoms with van der Waals surface area (Å²) in [5.41, 5.74) is 0. The summed E-state index contributed by atoms with van der Waals surface area (Å²) in [4.78, 5) is 9.03. The standard InChI is InChI=1S/CH4N2O2/c2-3(5)1-4/h1,3H,2H2. The van der Waals surface area contributed by atoms with Crippen molar-refractivity contribution in [2.75, 3.05) is 0 Å². The van der Waals surface area contributed by atoms with Gasteiger partial charge in [0.05, 0.1) is 0 Å². The summed E-state index contributed by atoms with van der Waals surface area (Å²) in [5, 5.41) is 8.30. The Hall–Kier alpha value is -0.450. The van der Waals surface area contributed by atoms with E-state index in [-0.39, 0.29) is 6.41 Å². The lowest BCUT2D eigenvalue weighted by atomic mass is 11.4. The molecule has 0 spiro atoms. The minimum Gasteiger partial charge on any atom is -0.606 e. The van der Waals surface area contributed by atoms with E-state index in [1.54, 1.807) is 0 Å². The molecule has 0 aliphatic carbocycles. The van der Waals surface area contributed by atoms with Gasteiger partial charge in [0.15, 0.2) is 0 Å². The summed E-state index contributed by atoms with van der Waals surface area (Å²) in [5.74, 6) is 4.28. The Morgan fingerprint density at radius 3 is 2.20 bits per heavy atom. The number of hydrogen-bond donors (Lipinski definition) is 2. The quantitative estimate of drug-likeness (QED) is 0.156. The first-order valence-corrected chi connectivity index (χ1v) is 1.02. The van der Waals surface area contributed by atoms with Gasteiger partial charge in [-0.3, -0.25) is 0 Å². The fourth-order valence-corrected chi connectivity index (χ4v) is 0. The number of rotatable bonds is 1. The van der Waals surface area contributed by atoms with Crippen LogP contribution in [0.1, 0.15) is 0 Å². The summed E-state index contributed by atoms with van der Waals surface area (Å²) in [6.07, 6.45) is 0.0556. The second kappa shape index (κ2) is 1.83. The van der Waals surface area contributed by atoms with Crippen molar-refractivity contribution in [2.45, 2.75) is 0 Å². The third-order valence-corrected chi connectivity index (χ3v) is 0.116. The van der Waals surface area contributed by atoms with Gasteiger partial charge < -0.3 is 5.21 Å². The molecule has 30 valence electrons. The number of nitrogens with two attached hydrogens (primary N) is 1. The minimum absolute atomic E-state index is 0.0556. The molecule has 1 unspecified atom stereocenters. The second-order valence-electron chi connectivity index (χ2n) is 0.520. The van der Waals surface area contributed by atoms with Crippen LogP contribution in [0.15, 0.2) is 0 Å². The predicted octanol–water partition coefficient (Wildman–Crippen LogP) is -2.60. The van der Waals surface area contributed by atoms with Crippen molar-refractivity contribution < 1.29 is 9.97 Å². The molecule has 0 rings (SSSR count). The average molecular weight is 76.1 g/mol.